The molecule has 4 rings (SSSR count). The maximum atomic E-state index is 13.0. The number of nitrogens with one attached hydrogen (secondary N) is 1. The van der Waals surface area contributed by atoms with Crippen molar-refractivity contribution in [3.05, 3.63) is 71.3 Å². The fourth-order valence-electron chi connectivity index (χ4n) is 5.66. The molecule has 2 aromatic rings. The molecular formula is C26H33NO. The van der Waals surface area contributed by atoms with E-state index in [2.05, 4.69) is 87.6 Å². The highest BCUT2D eigenvalue weighted by molar-refractivity contribution is 5.96. The molecule has 2 heteroatoms. The van der Waals surface area contributed by atoms with Gasteiger partial charge in [-0.15, -0.1) is 0 Å². The average molecular weight is 376 g/mol. The zero-order chi connectivity index (χ0) is 20.0. The van der Waals surface area contributed by atoms with E-state index < -0.39 is 0 Å². The number of Topliss-reactive ketones (excluding diaryl/α,β-unsaturated/α-hetero) is 1. The monoisotopic (exact) mass is 375 g/mol. The molecule has 0 atom stereocenters. The molecule has 0 aromatic heterocycles. The van der Waals surface area contributed by atoms with E-state index in [0.717, 1.165) is 18.4 Å². The van der Waals surface area contributed by atoms with Crippen LogP contribution >= 0.6 is 0 Å². The Kier molecular flexibility index (Phi) is 4.74. The molecular weight excluding hydrogens is 342 g/mol. The molecule has 1 N–H and O–H groups in total. The van der Waals surface area contributed by atoms with Crippen LogP contribution in [0.25, 0.3) is 0 Å². The summed E-state index contributed by atoms with van der Waals surface area (Å²) in [6.45, 7) is 9.00. The number of rotatable bonds is 5. The Morgan fingerprint density at radius 1 is 0.857 bits per heavy atom. The Balaban J connectivity index is 1.47. The van der Waals surface area contributed by atoms with Crippen molar-refractivity contribution in [2.45, 2.75) is 76.3 Å². The van der Waals surface area contributed by atoms with Crippen molar-refractivity contribution in [2.75, 3.05) is 0 Å². The summed E-state index contributed by atoms with van der Waals surface area (Å²) >= 11 is 0. The fraction of sp³-hybridized carbons (Fsp3) is 0.500. The van der Waals surface area contributed by atoms with Gasteiger partial charge in [-0.1, -0.05) is 54.6 Å². The van der Waals surface area contributed by atoms with Gasteiger partial charge in [0.05, 0.1) is 0 Å². The van der Waals surface area contributed by atoms with Crippen LogP contribution in [-0.4, -0.2) is 16.9 Å². The van der Waals surface area contributed by atoms with Crippen molar-refractivity contribution in [2.24, 2.45) is 5.92 Å². The summed E-state index contributed by atoms with van der Waals surface area (Å²) < 4.78 is 0. The maximum Gasteiger partial charge on any atom is 0.163 e. The summed E-state index contributed by atoms with van der Waals surface area (Å²) in [6, 6.07) is 19.2. The first kappa shape index (κ1) is 19.4. The van der Waals surface area contributed by atoms with Gasteiger partial charge in [-0.2, -0.15) is 0 Å². The largest absolute Gasteiger partial charge is 0.307 e. The van der Waals surface area contributed by atoms with Gasteiger partial charge in [-0.25, -0.2) is 0 Å². The summed E-state index contributed by atoms with van der Waals surface area (Å²) in [5.41, 5.74) is 3.95. The molecule has 1 aliphatic heterocycles. The second-order valence-electron chi connectivity index (χ2n) is 10.3. The highest BCUT2D eigenvalue weighted by Gasteiger charge is 2.45. The Morgan fingerprint density at radius 3 is 1.93 bits per heavy atom. The number of hydrogen-bond acceptors (Lipinski definition) is 2. The predicted octanol–water partition coefficient (Wildman–Crippen LogP) is 5.90. The lowest BCUT2D eigenvalue weighted by atomic mass is 9.74. The SMILES string of the molecule is CC1(C)CC(CC(=O)c2ccc(C3(c4ccccc4)CC3)cc2)CC(C)(C)N1. The van der Waals surface area contributed by atoms with Crippen molar-refractivity contribution < 1.29 is 4.79 Å². The molecule has 0 spiro atoms. The van der Waals surface area contributed by atoms with Crippen LogP contribution in [-0.2, 0) is 5.41 Å². The molecule has 1 saturated carbocycles. The molecule has 0 amide bonds. The number of piperidine rings is 1. The quantitative estimate of drug-likeness (QED) is 0.660. The highest BCUT2D eigenvalue weighted by Crippen LogP contribution is 2.53. The van der Waals surface area contributed by atoms with E-state index in [1.54, 1.807) is 0 Å². The Hall–Kier alpha value is -1.93. The molecule has 1 saturated heterocycles. The third-order valence-electron chi connectivity index (χ3n) is 6.58. The Morgan fingerprint density at radius 2 is 1.39 bits per heavy atom. The number of ketones is 1. The maximum absolute atomic E-state index is 13.0. The summed E-state index contributed by atoms with van der Waals surface area (Å²) in [7, 11) is 0. The number of carbonyl (C=O) groups is 1. The van der Waals surface area contributed by atoms with Gasteiger partial charge >= 0.3 is 0 Å². The first-order valence-corrected chi connectivity index (χ1v) is 10.7. The van der Waals surface area contributed by atoms with Crippen LogP contribution in [0, 0.1) is 5.92 Å². The van der Waals surface area contributed by atoms with E-state index in [4.69, 9.17) is 0 Å². The first-order valence-electron chi connectivity index (χ1n) is 10.7. The minimum Gasteiger partial charge on any atom is -0.307 e. The molecule has 0 radical (unpaired) electrons. The van der Waals surface area contributed by atoms with E-state index in [0.29, 0.717) is 12.3 Å². The third-order valence-corrected chi connectivity index (χ3v) is 6.58. The topological polar surface area (TPSA) is 29.1 Å². The molecule has 0 unspecified atom stereocenters. The lowest BCUT2D eigenvalue weighted by molar-refractivity contribution is 0.0864. The van der Waals surface area contributed by atoms with Crippen LogP contribution in [0.4, 0.5) is 0 Å². The molecule has 2 nitrogen and oxygen atoms in total. The van der Waals surface area contributed by atoms with Gasteiger partial charge in [0.25, 0.3) is 0 Å². The normalized spacial score (nSPS) is 22.6. The van der Waals surface area contributed by atoms with E-state index in [-0.39, 0.29) is 22.3 Å². The van der Waals surface area contributed by atoms with E-state index in [1.807, 2.05) is 0 Å². The highest BCUT2D eigenvalue weighted by atomic mass is 16.1. The standard InChI is InChI=1S/C26H33NO/c1-24(2)17-19(18-25(3,4)27-24)16-23(28)20-10-12-22(13-11-20)26(14-15-26)21-8-6-5-7-9-21/h5-13,19,27H,14-18H2,1-4H3. The number of benzene rings is 2. The van der Waals surface area contributed by atoms with Gasteiger partial charge in [-0.05, 0) is 70.4 Å². The van der Waals surface area contributed by atoms with Gasteiger partial charge in [0, 0.05) is 28.5 Å². The molecule has 148 valence electrons. The predicted molar refractivity (Wildman–Crippen MR) is 116 cm³/mol. The molecule has 0 bridgehead atoms. The second kappa shape index (κ2) is 6.84. The zero-order valence-electron chi connectivity index (χ0n) is 17.7. The van der Waals surface area contributed by atoms with Crippen molar-refractivity contribution in [1.82, 2.24) is 5.32 Å². The third kappa shape index (κ3) is 3.93. The molecule has 28 heavy (non-hydrogen) atoms. The zero-order valence-corrected chi connectivity index (χ0v) is 17.7. The van der Waals surface area contributed by atoms with E-state index in [9.17, 15) is 4.79 Å². The Labute approximate surface area is 169 Å². The van der Waals surface area contributed by atoms with Crippen molar-refractivity contribution in [3.8, 4) is 0 Å². The van der Waals surface area contributed by atoms with E-state index >= 15 is 0 Å². The average Bonchev–Trinajstić information content (AvgIpc) is 3.42. The lowest BCUT2D eigenvalue weighted by Gasteiger charge is -2.46. The molecule has 2 aliphatic rings. The minimum atomic E-state index is 0.0879. The van der Waals surface area contributed by atoms with Crippen molar-refractivity contribution >= 4 is 5.78 Å². The summed E-state index contributed by atoms with van der Waals surface area (Å²) in [6.07, 6.45) is 5.15. The second-order valence-corrected chi connectivity index (χ2v) is 10.3. The smallest absolute Gasteiger partial charge is 0.163 e. The summed E-state index contributed by atoms with van der Waals surface area (Å²) in [5.74, 6) is 0.729. The fourth-order valence-corrected chi connectivity index (χ4v) is 5.66. The molecule has 1 heterocycles. The summed E-state index contributed by atoms with van der Waals surface area (Å²) in [5, 5.41) is 3.71. The van der Waals surface area contributed by atoms with Gasteiger partial charge in [0.1, 0.15) is 0 Å². The van der Waals surface area contributed by atoms with Crippen molar-refractivity contribution in [1.29, 1.82) is 0 Å². The number of carbonyl (C=O) groups excluding carboxylic acids is 1. The van der Waals surface area contributed by atoms with Crippen LogP contribution in [0.5, 0.6) is 0 Å². The minimum absolute atomic E-state index is 0.0879. The van der Waals surface area contributed by atoms with Crippen LogP contribution in [0.15, 0.2) is 54.6 Å². The molecule has 2 fully saturated rings. The lowest BCUT2D eigenvalue weighted by Crippen LogP contribution is -2.57. The molecule has 1 aliphatic carbocycles. The van der Waals surface area contributed by atoms with Gasteiger partial charge in [0.15, 0.2) is 5.78 Å². The molecule has 2 aromatic carbocycles. The number of hydrogen-bond donors (Lipinski definition) is 1. The van der Waals surface area contributed by atoms with Crippen LogP contribution in [0.2, 0.25) is 0 Å². The van der Waals surface area contributed by atoms with Crippen molar-refractivity contribution in [3.63, 3.8) is 0 Å². The van der Waals surface area contributed by atoms with Gasteiger partial charge in [0.2, 0.25) is 0 Å². The summed E-state index contributed by atoms with van der Waals surface area (Å²) in [4.78, 5) is 13.0. The van der Waals surface area contributed by atoms with Crippen LogP contribution < -0.4 is 5.32 Å². The van der Waals surface area contributed by atoms with Crippen LogP contribution in [0.3, 0.4) is 0 Å². The van der Waals surface area contributed by atoms with Gasteiger partial charge < -0.3 is 5.32 Å². The van der Waals surface area contributed by atoms with Crippen LogP contribution in [0.1, 0.15) is 81.3 Å². The Bertz CT molecular complexity index is 828. The van der Waals surface area contributed by atoms with E-state index in [1.165, 1.54) is 24.0 Å². The first-order chi connectivity index (χ1) is 13.2. The van der Waals surface area contributed by atoms with Gasteiger partial charge in [-0.3, -0.25) is 4.79 Å².